The van der Waals surface area contributed by atoms with Gasteiger partial charge in [0.25, 0.3) is 5.91 Å². The van der Waals surface area contributed by atoms with Crippen molar-refractivity contribution >= 4 is 52.0 Å². The van der Waals surface area contributed by atoms with E-state index in [4.69, 9.17) is 27.6 Å². The summed E-state index contributed by atoms with van der Waals surface area (Å²) in [5.74, 6) is 0.0822. The minimum Gasteiger partial charge on any atom is -0.465 e. The predicted molar refractivity (Wildman–Crippen MR) is 154 cm³/mol. The van der Waals surface area contributed by atoms with Gasteiger partial charge in [-0.3, -0.25) is 9.69 Å². The van der Waals surface area contributed by atoms with E-state index in [0.29, 0.717) is 55.2 Å². The molecule has 0 fully saturated rings. The third-order valence-electron chi connectivity index (χ3n) is 7.24. The number of carbonyl (C=O) groups excluding carboxylic acids is 1. The van der Waals surface area contributed by atoms with E-state index < -0.39 is 12.0 Å². The third-order valence-corrected chi connectivity index (χ3v) is 7.93. The minimum atomic E-state index is -1.03. The van der Waals surface area contributed by atoms with Crippen molar-refractivity contribution in [2.45, 2.75) is 26.6 Å². The highest BCUT2D eigenvalue weighted by molar-refractivity contribution is 6.36. The second kappa shape index (κ2) is 10.2. The molecule has 1 aliphatic rings. The van der Waals surface area contributed by atoms with Crippen LogP contribution in [0.15, 0.2) is 52.9 Å². The Bertz CT molecular complexity index is 1880. The molecule has 0 saturated carbocycles. The number of aliphatic hydroxyl groups excluding tert-OH is 1. The van der Waals surface area contributed by atoms with Gasteiger partial charge in [-0.05, 0) is 47.9 Å². The van der Waals surface area contributed by atoms with Crippen LogP contribution in [0.4, 0.5) is 10.5 Å². The highest BCUT2D eigenvalue weighted by atomic mass is 35.5. The van der Waals surface area contributed by atoms with Gasteiger partial charge in [0, 0.05) is 18.2 Å². The summed E-state index contributed by atoms with van der Waals surface area (Å²) in [4.78, 5) is 34.7. The fourth-order valence-electron chi connectivity index (χ4n) is 5.10. The first kappa shape index (κ1) is 26.8. The Labute approximate surface area is 243 Å². The predicted octanol–water partition coefficient (Wildman–Crippen LogP) is 6.25. The number of fused-ring (bicyclic) bond motifs is 2. The van der Waals surface area contributed by atoms with Gasteiger partial charge in [0.15, 0.2) is 11.4 Å². The Kier molecular flexibility index (Phi) is 6.69. The van der Waals surface area contributed by atoms with Gasteiger partial charge in [0.1, 0.15) is 5.52 Å². The van der Waals surface area contributed by atoms with Gasteiger partial charge in [-0.25, -0.2) is 14.8 Å². The number of hydrogen-bond acceptors (Lipinski definition) is 6. The zero-order valence-electron chi connectivity index (χ0n) is 21.9. The van der Waals surface area contributed by atoms with Crippen LogP contribution in [0.3, 0.4) is 0 Å². The van der Waals surface area contributed by atoms with Gasteiger partial charge in [-0.1, -0.05) is 47.5 Å². The number of halogens is 2. The smallest absolute Gasteiger partial charge is 0.408 e. The molecule has 0 bridgehead atoms. The largest absolute Gasteiger partial charge is 0.465 e. The average molecular weight is 592 g/mol. The first-order valence-electron chi connectivity index (χ1n) is 12.6. The lowest BCUT2D eigenvalue weighted by atomic mass is 9.96. The molecule has 5 aromatic rings. The number of aliphatic hydroxyl groups is 1. The van der Waals surface area contributed by atoms with Crippen molar-refractivity contribution in [3.8, 4) is 22.6 Å². The Hall–Kier alpha value is -4.38. The molecule has 3 N–H and O–H groups in total. The summed E-state index contributed by atoms with van der Waals surface area (Å²) in [6, 6.07) is 14.4. The van der Waals surface area contributed by atoms with Crippen molar-refractivity contribution in [1.82, 2.24) is 19.4 Å². The molecule has 0 aliphatic carbocycles. The van der Waals surface area contributed by atoms with Crippen molar-refractivity contribution in [2.24, 2.45) is 7.05 Å². The van der Waals surface area contributed by atoms with Gasteiger partial charge < -0.3 is 24.5 Å². The first-order chi connectivity index (χ1) is 19.7. The standard InChI is InChI=1S/C29H23Cl2N5O5/c1-14-16(5-3-6-17(14)28-34-21-10-15(13-37)9-19(30)25(21)41-28)18-7-4-8-20(24(18)31)33-27(38)26-32-22-11-36(29(39)40)12-23(22)35(26)2/h3-10,37H,11-13H2,1-2H3,(H,33,38)(H,39,40). The Morgan fingerprint density at radius 3 is 2.51 bits per heavy atom. The molecule has 3 aromatic carbocycles. The number of amides is 2. The summed E-state index contributed by atoms with van der Waals surface area (Å²) in [5, 5.41) is 22.3. The number of carboxylic acid groups (broad SMARTS) is 1. The van der Waals surface area contributed by atoms with Gasteiger partial charge in [0.2, 0.25) is 5.89 Å². The Morgan fingerprint density at radius 2 is 1.78 bits per heavy atom. The van der Waals surface area contributed by atoms with Crippen LogP contribution in [-0.2, 0) is 26.7 Å². The number of carbonyl (C=O) groups is 2. The van der Waals surface area contributed by atoms with Crippen molar-refractivity contribution < 1.29 is 24.2 Å². The highest BCUT2D eigenvalue weighted by Crippen LogP contribution is 2.39. The lowest BCUT2D eigenvalue weighted by molar-refractivity contribution is 0.101. The molecule has 12 heteroatoms. The number of imidazole rings is 1. The maximum absolute atomic E-state index is 13.2. The quantitative estimate of drug-likeness (QED) is 0.220. The molecule has 0 atom stereocenters. The van der Waals surface area contributed by atoms with Gasteiger partial charge in [0.05, 0.1) is 46.8 Å². The lowest BCUT2D eigenvalue weighted by Gasteiger charge is -2.15. The minimum absolute atomic E-state index is 0.131. The van der Waals surface area contributed by atoms with Crippen molar-refractivity contribution in [2.75, 3.05) is 5.32 Å². The van der Waals surface area contributed by atoms with Crippen LogP contribution in [0.1, 0.15) is 33.1 Å². The molecule has 6 rings (SSSR count). The highest BCUT2D eigenvalue weighted by Gasteiger charge is 2.30. The summed E-state index contributed by atoms with van der Waals surface area (Å²) in [6.07, 6.45) is -1.03. The number of nitrogens with one attached hydrogen (secondary N) is 1. The number of nitrogens with zero attached hydrogens (tertiary/aromatic N) is 4. The maximum Gasteiger partial charge on any atom is 0.408 e. The molecule has 1 aliphatic heterocycles. The van der Waals surface area contributed by atoms with E-state index in [9.17, 15) is 19.8 Å². The molecule has 41 heavy (non-hydrogen) atoms. The Morgan fingerprint density at radius 1 is 1.05 bits per heavy atom. The molecule has 2 aromatic heterocycles. The summed E-state index contributed by atoms with van der Waals surface area (Å²) in [6.45, 7) is 2.07. The fraction of sp³-hybridized carbons (Fsp3) is 0.172. The Balaban J connectivity index is 1.31. The van der Waals surface area contributed by atoms with Crippen LogP contribution >= 0.6 is 23.2 Å². The van der Waals surface area contributed by atoms with Crippen molar-refractivity contribution in [3.05, 3.63) is 86.9 Å². The lowest BCUT2D eigenvalue weighted by Crippen LogP contribution is -2.25. The first-order valence-corrected chi connectivity index (χ1v) is 13.3. The number of aromatic nitrogens is 3. The average Bonchev–Trinajstić information content (AvgIpc) is 3.65. The summed E-state index contributed by atoms with van der Waals surface area (Å²) in [7, 11) is 1.68. The molecule has 0 radical (unpaired) electrons. The maximum atomic E-state index is 13.2. The van der Waals surface area contributed by atoms with Crippen LogP contribution in [0.2, 0.25) is 10.0 Å². The second-order valence-electron chi connectivity index (χ2n) is 9.73. The number of anilines is 1. The number of oxazole rings is 1. The molecule has 0 spiro atoms. The molecular formula is C29H23Cl2N5O5. The van der Waals surface area contributed by atoms with Gasteiger partial charge in [-0.15, -0.1) is 0 Å². The van der Waals surface area contributed by atoms with Crippen LogP contribution in [0.25, 0.3) is 33.7 Å². The van der Waals surface area contributed by atoms with Crippen LogP contribution in [-0.4, -0.2) is 41.6 Å². The second-order valence-corrected chi connectivity index (χ2v) is 10.5. The third kappa shape index (κ3) is 4.59. The van der Waals surface area contributed by atoms with Crippen LogP contribution in [0.5, 0.6) is 0 Å². The van der Waals surface area contributed by atoms with E-state index in [-0.39, 0.29) is 25.5 Å². The molecule has 3 heterocycles. The van der Waals surface area contributed by atoms with Crippen molar-refractivity contribution in [3.63, 3.8) is 0 Å². The van der Waals surface area contributed by atoms with Gasteiger partial charge in [-0.2, -0.15) is 0 Å². The van der Waals surface area contributed by atoms with E-state index in [0.717, 1.165) is 16.7 Å². The van der Waals surface area contributed by atoms with Crippen molar-refractivity contribution in [1.29, 1.82) is 0 Å². The number of hydrogen-bond donors (Lipinski definition) is 3. The van der Waals surface area contributed by atoms with Crippen LogP contribution < -0.4 is 5.32 Å². The number of benzene rings is 3. The van der Waals surface area contributed by atoms with E-state index in [1.807, 2.05) is 31.2 Å². The normalized spacial score (nSPS) is 12.7. The monoisotopic (exact) mass is 591 g/mol. The topological polar surface area (TPSA) is 134 Å². The molecule has 0 unspecified atom stereocenters. The fourth-order valence-corrected chi connectivity index (χ4v) is 5.65. The summed E-state index contributed by atoms with van der Waals surface area (Å²) in [5.41, 5.74) is 6.35. The molecule has 2 amide bonds. The zero-order valence-corrected chi connectivity index (χ0v) is 23.4. The van der Waals surface area contributed by atoms with E-state index in [2.05, 4.69) is 15.3 Å². The van der Waals surface area contributed by atoms with Crippen LogP contribution in [0, 0.1) is 6.92 Å². The van der Waals surface area contributed by atoms with Gasteiger partial charge >= 0.3 is 6.09 Å². The molecule has 208 valence electrons. The molecular weight excluding hydrogens is 569 g/mol. The number of rotatable bonds is 5. The van der Waals surface area contributed by atoms with E-state index in [1.165, 1.54) is 4.90 Å². The van der Waals surface area contributed by atoms with E-state index in [1.54, 1.807) is 35.9 Å². The zero-order chi connectivity index (χ0) is 29.0. The SMILES string of the molecule is Cc1c(-c2nc3cc(CO)cc(Cl)c3o2)cccc1-c1cccc(NC(=O)c2nc3c(n2C)CN(C(=O)O)C3)c1Cl. The molecule has 0 saturated heterocycles. The summed E-state index contributed by atoms with van der Waals surface area (Å²) < 4.78 is 7.61. The molecule has 10 nitrogen and oxygen atoms in total. The van der Waals surface area contributed by atoms with E-state index >= 15 is 0 Å². The summed E-state index contributed by atoms with van der Waals surface area (Å²) >= 11 is 13.2.